The Morgan fingerprint density at radius 1 is 1.52 bits per heavy atom. The van der Waals surface area contributed by atoms with E-state index < -0.39 is 11.9 Å². The first-order valence-corrected chi connectivity index (χ1v) is 6.95. The van der Waals surface area contributed by atoms with Gasteiger partial charge in [0.2, 0.25) is 5.91 Å². The van der Waals surface area contributed by atoms with Gasteiger partial charge in [0.25, 0.3) is 0 Å². The van der Waals surface area contributed by atoms with Crippen LogP contribution in [0.25, 0.3) is 0 Å². The molecule has 5 nitrogen and oxygen atoms in total. The van der Waals surface area contributed by atoms with Gasteiger partial charge < -0.3 is 9.64 Å². The molecule has 0 spiro atoms. The Balaban J connectivity index is 1.98. The number of hydrogen-bond acceptors (Lipinski definition) is 3. The minimum atomic E-state index is -0.494. The normalized spacial score (nSPS) is 14.8. The number of amides is 2. The molecular weight excluding hydrogens is 299 g/mol. The number of cyclic esters (lactones) is 1. The molecule has 0 aliphatic carbocycles. The lowest BCUT2D eigenvalue weighted by atomic mass is 10.2. The van der Waals surface area contributed by atoms with Crippen molar-refractivity contribution in [1.29, 1.82) is 0 Å². The summed E-state index contributed by atoms with van der Waals surface area (Å²) < 4.78 is 18.6. The summed E-state index contributed by atoms with van der Waals surface area (Å²) in [5.74, 6) is -0.757. The summed E-state index contributed by atoms with van der Waals surface area (Å²) in [4.78, 5) is 26.2. The van der Waals surface area contributed by atoms with Gasteiger partial charge in [-0.1, -0.05) is 17.7 Å². The van der Waals surface area contributed by atoms with Crippen LogP contribution >= 0.6 is 11.6 Å². The van der Waals surface area contributed by atoms with Gasteiger partial charge in [-0.2, -0.15) is 0 Å². The van der Waals surface area contributed by atoms with E-state index in [1.54, 1.807) is 13.1 Å². The quantitative estimate of drug-likeness (QED) is 0.856. The number of carbonyl (C=O) groups is 2. The molecule has 0 N–H and O–H groups in total. The minimum absolute atomic E-state index is 0.0488. The van der Waals surface area contributed by atoms with Crippen molar-refractivity contribution in [3.05, 3.63) is 34.6 Å². The van der Waals surface area contributed by atoms with E-state index in [0.29, 0.717) is 19.6 Å². The molecule has 0 radical (unpaired) electrons. The van der Waals surface area contributed by atoms with Crippen LogP contribution in [0.5, 0.6) is 0 Å². The maximum atomic E-state index is 13.7. The Labute approximate surface area is 127 Å². The zero-order valence-corrected chi connectivity index (χ0v) is 12.4. The molecule has 0 unspecified atom stereocenters. The number of benzene rings is 1. The third kappa shape index (κ3) is 3.85. The first kappa shape index (κ1) is 15.6. The minimum Gasteiger partial charge on any atom is -0.449 e. The Morgan fingerprint density at radius 2 is 2.29 bits per heavy atom. The van der Waals surface area contributed by atoms with Crippen LogP contribution in [0.15, 0.2) is 18.2 Å². The summed E-state index contributed by atoms with van der Waals surface area (Å²) in [6.45, 7) is 0.831. The van der Waals surface area contributed by atoms with Crippen LogP contribution in [0.1, 0.15) is 12.0 Å². The zero-order chi connectivity index (χ0) is 15.4. The van der Waals surface area contributed by atoms with Crippen molar-refractivity contribution in [1.82, 2.24) is 9.80 Å². The molecule has 1 heterocycles. The lowest BCUT2D eigenvalue weighted by Gasteiger charge is -2.28. The number of ether oxygens (including phenoxy) is 1. The van der Waals surface area contributed by atoms with Crippen molar-refractivity contribution in [2.24, 2.45) is 0 Å². The molecule has 1 saturated heterocycles. The van der Waals surface area contributed by atoms with Gasteiger partial charge >= 0.3 is 6.09 Å². The number of nitrogens with zero attached hydrogens (tertiary/aromatic N) is 2. The van der Waals surface area contributed by atoms with Gasteiger partial charge in [-0.15, -0.1) is 0 Å². The van der Waals surface area contributed by atoms with E-state index in [1.165, 1.54) is 21.9 Å². The standard InChI is InChI=1S/C14H16ClFN2O3/c1-17(8-10-11(15)4-2-5-12(10)16)13(19)9-18-6-3-7-21-14(18)20/h2,4-5H,3,6-9H2,1H3. The molecule has 0 aromatic heterocycles. The van der Waals surface area contributed by atoms with Crippen LogP contribution in [-0.2, 0) is 16.1 Å². The van der Waals surface area contributed by atoms with Crippen molar-refractivity contribution < 1.29 is 18.7 Å². The average molecular weight is 315 g/mol. The van der Waals surface area contributed by atoms with Crippen molar-refractivity contribution in [3.8, 4) is 0 Å². The summed E-state index contributed by atoms with van der Waals surface area (Å²) in [6, 6.07) is 4.37. The second-order valence-electron chi connectivity index (χ2n) is 4.84. The number of likely N-dealkylation sites (N-methyl/N-ethyl adjacent to an activating group) is 1. The van der Waals surface area contributed by atoms with E-state index in [4.69, 9.17) is 16.3 Å². The number of hydrogen-bond donors (Lipinski definition) is 0. The Bertz CT molecular complexity index is 533. The highest BCUT2D eigenvalue weighted by atomic mass is 35.5. The van der Waals surface area contributed by atoms with E-state index in [1.807, 2.05) is 0 Å². The van der Waals surface area contributed by atoms with Crippen molar-refractivity contribution in [2.45, 2.75) is 13.0 Å². The van der Waals surface area contributed by atoms with E-state index in [2.05, 4.69) is 0 Å². The van der Waals surface area contributed by atoms with Gasteiger partial charge in [-0.25, -0.2) is 9.18 Å². The lowest BCUT2D eigenvalue weighted by molar-refractivity contribution is -0.131. The van der Waals surface area contributed by atoms with E-state index >= 15 is 0 Å². The van der Waals surface area contributed by atoms with E-state index in [9.17, 15) is 14.0 Å². The van der Waals surface area contributed by atoms with Crippen molar-refractivity contribution in [3.63, 3.8) is 0 Å². The summed E-state index contributed by atoms with van der Waals surface area (Å²) in [6.07, 6.45) is 0.203. The molecule has 1 aromatic rings. The highest BCUT2D eigenvalue weighted by molar-refractivity contribution is 6.31. The molecule has 2 amide bonds. The first-order valence-electron chi connectivity index (χ1n) is 6.57. The molecule has 1 aliphatic heterocycles. The van der Waals surface area contributed by atoms with Crippen LogP contribution in [0.3, 0.4) is 0 Å². The first-order chi connectivity index (χ1) is 9.99. The molecule has 1 aliphatic rings. The largest absolute Gasteiger partial charge is 0.449 e. The SMILES string of the molecule is CN(Cc1c(F)cccc1Cl)C(=O)CN1CCCOC1=O. The fourth-order valence-corrected chi connectivity index (χ4v) is 2.26. The molecule has 0 saturated carbocycles. The van der Waals surface area contributed by atoms with Gasteiger partial charge in [0.15, 0.2) is 0 Å². The van der Waals surface area contributed by atoms with Crippen LogP contribution in [-0.4, -0.2) is 48.5 Å². The van der Waals surface area contributed by atoms with E-state index in [-0.39, 0.29) is 29.6 Å². The smallest absolute Gasteiger partial charge is 0.410 e. The molecule has 21 heavy (non-hydrogen) atoms. The van der Waals surface area contributed by atoms with Crippen LogP contribution in [0.4, 0.5) is 9.18 Å². The summed E-state index contributed by atoms with van der Waals surface area (Å²) in [5, 5.41) is 0.270. The Morgan fingerprint density at radius 3 is 2.95 bits per heavy atom. The summed E-state index contributed by atoms with van der Waals surface area (Å²) in [5.41, 5.74) is 0.260. The second kappa shape index (κ2) is 6.76. The third-order valence-corrected chi connectivity index (χ3v) is 3.62. The number of halogens is 2. The lowest BCUT2D eigenvalue weighted by Crippen LogP contribution is -2.44. The molecule has 7 heteroatoms. The number of carbonyl (C=O) groups excluding carboxylic acids is 2. The molecule has 1 fully saturated rings. The fourth-order valence-electron chi connectivity index (χ4n) is 2.03. The molecule has 1 aromatic carbocycles. The third-order valence-electron chi connectivity index (χ3n) is 3.26. The molecule has 114 valence electrons. The summed E-state index contributed by atoms with van der Waals surface area (Å²) in [7, 11) is 1.54. The molecule has 2 rings (SSSR count). The van der Waals surface area contributed by atoms with Gasteiger partial charge in [-0.05, 0) is 18.6 Å². The van der Waals surface area contributed by atoms with Gasteiger partial charge in [0, 0.05) is 30.7 Å². The monoisotopic (exact) mass is 314 g/mol. The predicted octanol–water partition coefficient (Wildman–Crippen LogP) is 2.28. The van der Waals surface area contributed by atoms with Crippen LogP contribution in [0, 0.1) is 5.82 Å². The highest BCUT2D eigenvalue weighted by Crippen LogP contribution is 2.20. The average Bonchev–Trinajstić information content (AvgIpc) is 2.45. The molecule has 0 atom stereocenters. The van der Waals surface area contributed by atoms with Gasteiger partial charge in [-0.3, -0.25) is 9.69 Å². The fraction of sp³-hybridized carbons (Fsp3) is 0.429. The topological polar surface area (TPSA) is 49.9 Å². The number of rotatable bonds is 4. The van der Waals surface area contributed by atoms with Gasteiger partial charge in [0.1, 0.15) is 12.4 Å². The molecular formula is C14H16ClFN2O3. The highest BCUT2D eigenvalue weighted by Gasteiger charge is 2.24. The second-order valence-corrected chi connectivity index (χ2v) is 5.25. The Kier molecular flexibility index (Phi) is 5.01. The van der Waals surface area contributed by atoms with Gasteiger partial charge in [0.05, 0.1) is 6.61 Å². The summed E-state index contributed by atoms with van der Waals surface area (Å²) >= 11 is 5.93. The maximum Gasteiger partial charge on any atom is 0.410 e. The predicted molar refractivity (Wildman–Crippen MR) is 75.4 cm³/mol. The van der Waals surface area contributed by atoms with E-state index in [0.717, 1.165) is 0 Å². The molecule has 0 bridgehead atoms. The van der Waals surface area contributed by atoms with Crippen molar-refractivity contribution in [2.75, 3.05) is 26.7 Å². The van der Waals surface area contributed by atoms with Crippen molar-refractivity contribution >= 4 is 23.6 Å². The zero-order valence-electron chi connectivity index (χ0n) is 11.6. The van der Waals surface area contributed by atoms with Crippen LogP contribution in [0.2, 0.25) is 5.02 Å². The van der Waals surface area contributed by atoms with Crippen LogP contribution < -0.4 is 0 Å². The maximum absolute atomic E-state index is 13.7. The Hall–Kier alpha value is -1.82.